The molecular weight excluding hydrogens is 254 g/mol. The van der Waals surface area contributed by atoms with Crippen LogP contribution in [-0.4, -0.2) is 64.3 Å². The highest BCUT2D eigenvalue weighted by atomic mass is 16.4. The number of urea groups is 1. The third kappa shape index (κ3) is 3.57. The minimum Gasteiger partial charge on any atom is -0.480 e. The van der Waals surface area contributed by atoms with Gasteiger partial charge in [0.2, 0.25) is 5.91 Å². The molecule has 1 aliphatic heterocycles. The Balaban J connectivity index is 1.80. The Labute approximate surface area is 109 Å². The molecule has 0 aromatic rings. The summed E-state index contributed by atoms with van der Waals surface area (Å²) >= 11 is 0. The summed E-state index contributed by atoms with van der Waals surface area (Å²) in [6, 6.07) is -1.47. The van der Waals surface area contributed by atoms with Crippen molar-refractivity contribution in [2.24, 2.45) is 0 Å². The van der Waals surface area contributed by atoms with E-state index in [1.54, 1.807) is 0 Å². The molecule has 2 rings (SSSR count). The number of carbonyl (C=O) groups is 3. The van der Waals surface area contributed by atoms with Gasteiger partial charge in [0.25, 0.3) is 0 Å². The first-order valence-electron chi connectivity index (χ1n) is 6.22. The average molecular weight is 271 g/mol. The minimum absolute atomic E-state index is 0.0109. The van der Waals surface area contributed by atoms with Gasteiger partial charge in [-0.05, 0) is 12.8 Å². The van der Waals surface area contributed by atoms with E-state index in [9.17, 15) is 19.5 Å². The fourth-order valence-corrected chi connectivity index (χ4v) is 2.04. The van der Waals surface area contributed by atoms with Crippen LogP contribution >= 0.6 is 0 Å². The van der Waals surface area contributed by atoms with E-state index >= 15 is 0 Å². The van der Waals surface area contributed by atoms with Gasteiger partial charge in [-0.3, -0.25) is 4.79 Å². The number of aliphatic carboxylic acids is 1. The van der Waals surface area contributed by atoms with E-state index in [-0.39, 0.29) is 31.5 Å². The van der Waals surface area contributed by atoms with E-state index in [1.165, 1.54) is 0 Å². The molecule has 8 nitrogen and oxygen atoms in total. The molecular formula is C11H17N3O5. The van der Waals surface area contributed by atoms with Crippen molar-refractivity contribution in [1.29, 1.82) is 0 Å². The Morgan fingerprint density at radius 2 is 1.95 bits per heavy atom. The maximum absolute atomic E-state index is 11.8. The van der Waals surface area contributed by atoms with Crippen LogP contribution < -0.4 is 10.6 Å². The lowest BCUT2D eigenvalue weighted by Crippen LogP contribution is -2.48. The number of nitrogens with zero attached hydrogens (tertiary/aromatic N) is 1. The molecule has 2 unspecified atom stereocenters. The van der Waals surface area contributed by atoms with Crippen molar-refractivity contribution in [3.05, 3.63) is 0 Å². The van der Waals surface area contributed by atoms with Crippen molar-refractivity contribution in [2.75, 3.05) is 13.1 Å². The van der Waals surface area contributed by atoms with E-state index in [0.29, 0.717) is 0 Å². The van der Waals surface area contributed by atoms with Crippen LogP contribution in [-0.2, 0) is 9.59 Å². The molecule has 0 aromatic carbocycles. The van der Waals surface area contributed by atoms with Gasteiger partial charge >= 0.3 is 12.0 Å². The first-order chi connectivity index (χ1) is 8.97. The zero-order valence-electron chi connectivity index (χ0n) is 10.3. The van der Waals surface area contributed by atoms with Crippen molar-refractivity contribution < 1.29 is 24.6 Å². The van der Waals surface area contributed by atoms with Gasteiger partial charge in [-0.15, -0.1) is 0 Å². The van der Waals surface area contributed by atoms with Crippen LogP contribution in [0.15, 0.2) is 0 Å². The van der Waals surface area contributed by atoms with E-state index in [2.05, 4.69) is 10.6 Å². The van der Waals surface area contributed by atoms with E-state index in [0.717, 1.165) is 17.7 Å². The van der Waals surface area contributed by atoms with Gasteiger partial charge in [-0.2, -0.15) is 0 Å². The lowest BCUT2D eigenvalue weighted by atomic mass is 10.2. The molecule has 2 aliphatic rings. The molecule has 1 aliphatic carbocycles. The summed E-state index contributed by atoms with van der Waals surface area (Å²) in [4.78, 5) is 35.1. The van der Waals surface area contributed by atoms with Crippen molar-refractivity contribution >= 4 is 17.9 Å². The predicted octanol–water partition coefficient (Wildman–Crippen LogP) is -1.51. The van der Waals surface area contributed by atoms with Gasteiger partial charge in [-0.25, -0.2) is 9.59 Å². The molecule has 2 fully saturated rings. The number of aliphatic hydroxyl groups is 1. The number of carbonyl (C=O) groups excluding carboxylic acids is 2. The summed E-state index contributed by atoms with van der Waals surface area (Å²) in [5.41, 5.74) is 0. The Morgan fingerprint density at radius 1 is 1.26 bits per heavy atom. The molecule has 0 radical (unpaired) electrons. The molecule has 0 bridgehead atoms. The molecule has 3 amide bonds. The number of aliphatic hydroxyl groups excluding tert-OH is 1. The third-order valence-electron chi connectivity index (χ3n) is 3.17. The summed E-state index contributed by atoms with van der Waals surface area (Å²) < 4.78 is 0. The Bertz CT molecular complexity index is 396. The number of hydrogen-bond acceptors (Lipinski definition) is 4. The summed E-state index contributed by atoms with van der Waals surface area (Å²) in [6.45, 7) is -0.221. The fraction of sp³-hybridized carbons (Fsp3) is 0.727. The quantitative estimate of drug-likeness (QED) is 0.496. The van der Waals surface area contributed by atoms with Crippen molar-refractivity contribution in [2.45, 2.75) is 37.5 Å². The number of carboxylic acid groups (broad SMARTS) is 1. The van der Waals surface area contributed by atoms with Crippen molar-refractivity contribution in [1.82, 2.24) is 15.5 Å². The second kappa shape index (κ2) is 5.43. The highest BCUT2D eigenvalue weighted by Crippen LogP contribution is 2.19. The van der Waals surface area contributed by atoms with Crippen LogP contribution in [0.2, 0.25) is 0 Å². The fourth-order valence-electron chi connectivity index (χ4n) is 2.04. The molecule has 1 heterocycles. The molecule has 1 saturated carbocycles. The molecule has 0 aromatic heterocycles. The number of likely N-dealkylation sites (tertiary alicyclic amines) is 1. The molecule has 19 heavy (non-hydrogen) atoms. The second-order valence-electron chi connectivity index (χ2n) is 4.90. The van der Waals surface area contributed by atoms with Crippen molar-refractivity contribution in [3.63, 3.8) is 0 Å². The average Bonchev–Trinajstić information content (AvgIpc) is 3.05. The van der Waals surface area contributed by atoms with E-state index in [4.69, 9.17) is 5.11 Å². The second-order valence-corrected chi connectivity index (χ2v) is 4.90. The van der Waals surface area contributed by atoms with Gasteiger partial charge in [-0.1, -0.05) is 0 Å². The van der Waals surface area contributed by atoms with Gasteiger partial charge in [0.1, 0.15) is 6.04 Å². The Kier molecular flexibility index (Phi) is 3.89. The van der Waals surface area contributed by atoms with Crippen LogP contribution in [0.25, 0.3) is 0 Å². The standard InChI is InChI=1S/C11H17N3O5/c15-7-3-8(10(17)18)14(5-7)11(19)12-4-9(16)13-6-1-2-6/h6-8,15H,1-5H2,(H,12,19)(H,13,16)(H,17,18). The molecule has 106 valence electrons. The number of carboxylic acids is 1. The Morgan fingerprint density at radius 3 is 2.53 bits per heavy atom. The summed E-state index contributed by atoms with van der Waals surface area (Å²) in [5.74, 6) is -1.45. The largest absolute Gasteiger partial charge is 0.480 e. The van der Waals surface area contributed by atoms with Crippen LogP contribution in [0.4, 0.5) is 4.79 Å². The van der Waals surface area contributed by atoms with Gasteiger partial charge < -0.3 is 25.7 Å². The smallest absolute Gasteiger partial charge is 0.326 e. The van der Waals surface area contributed by atoms with E-state index < -0.39 is 24.1 Å². The zero-order chi connectivity index (χ0) is 14.0. The highest BCUT2D eigenvalue weighted by molar-refractivity contribution is 5.87. The minimum atomic E-state index is -1.16. The maximum atomic E-state index is 11.8. The molecule has 1 saturated heterocycles. The summed E-state index contributed by atoms with van der Waals surface area (Å²) in [5, 5.41) is 23.4. The molecule has 8 heteroatoms. The monoisotopic (exact) mass is 271 g/mol. The van der Waals surface area contributed by atoms with E-state index in [1.807, 2.05) is 0 Å². The topological polar surface area (TPSA) is 119 Å². The van der Waals surface area contributed by atoms with Gasteiger partial charge in [0, 0.05) is 19.0 Å². The molecule has 2 atom stereocenters. The van der Waals surface area contributed by atoms with Crippen LogP contribution in [0.1, 0.15) is 19.3 Å². The van der Waals surface area contributed by atoms with Crippen LogP contribution in [0.5, 0.6) is 0 Å². The number of amides is 3. The zero-order valence-corrected chi connectivity index (χ0v) is 10.3. The first-order valence-corrected chi connectivity index (χ1v) is 6.22. The lowest BCUT2D eigenvalue weighted by Gasteiger charge is -2.21. The molecule has 4 N–H and O–H groups in total. The van der Waals surface area contributed by atoms with Crippen molar-refractivity contribution in [3.8, 4) is 0 Å². The maximum Gasteiger partial charge on any atom is 0.326 e. The number of β-amino-alcohol motifs (C(OH)–C–C–N with tert-alkyl or cyclic N) is 1. The third-order valence-corrected chi connectivity index (χ3v) is 3.17. The summed E-state index contributed by atoms with van der Waals surface area (Å²) in [7, 11) is 0. The molecule has 0 spiro atoms. The summed E-state index contributed by atoms with van der Waals surface area (Å²) in [6.07, 6.45) is 1.09. The predicted molar refractivity (Wildman–Crippen MR) is 63.3 cm³/mol. The first kappa shape index (κ1) is 13.6. The van der Waals surface area contributed by atoms with Crippen LogP contribution in [0, 0.1) is 0 Å². The number of rotatable bonds is 4. The lowest BCUT2D eigenvalue weighted by molar-refractivity contribution is -0.141. The highest BCUT2D eigenvalue weighted by Gasteiger charge is 2.39. The number of hydrogen-bond donors (Lipinski definition) is 4. The van der Waals surface area contributed by atoms with Gasteiger partial charge in [0.05, 0.1) is 12.6 Å². The normalized spacial score (nSPS) is 26.1. The number of nitrogens with one attached hydrogen (secondary N) is 2. The Hall–Kier alpha value is -1.83. The SMILES string of the molecule is O=C(CNC(=O)N1CC(O)CC1C(=O)O)NC1CC1. The van der Waals surface area contributed by atoms with Crippen LogP contribution in [0.3, 0.4) is 0 Å². The van der Waals surface area contributed by atoms with Gasteiger partial charge in [0.15, 0.2) is 0 Å².